The Morgan fingerprint density at radius 2 is 1.61 bits per heavy atom. The van der Waals surface area contributed by atoms with Gasteiger partial charge in [0.25, 0.3) is 0 Å². The third-order valence-corrected chi connectivity index (χ3v) is 4.49. The second-order valence-corrected chi connectivity index (χ2v) is 5.85. The minimum atomic E-state index is 0.260. The van der Waals surface area contributed by atoms with Crippen molar-refractivity contribution < 1.29 is 5.11 Å². The molecule has 0 saturated carbocycles. The largest absolute Gasteiger partial charge is 0.507 e. The van der Waals surface area contributed by atoms with Crippen LogP contribution in [0.15, 0.2) is 60.7 Å². The molecule has 0 fully saturated rings. The first kappa shape index (κ1) is 13.6. The molecule has 2 heteroatoms. The summed E-state index contributed by atoms with van der Waals surface area (Å²) >= 11 is 0. The van der Waals surface area contributed by atoms with Crippen molar-refractivity contribution >= 4 is 0 Å². The van der Waals surface area contributed by atoms with E-state index in [1.807, 2.05) is 12.1 Å². The number of aromatic hydroxyl groups is 1. The Balaban J connectivity index is 1.90. The summed E-state index contributed by atoms with van der Waals surface area (Å²) in [6, 6.07) is 22.2. The van der Waals surface area contributed by atoms with Gasteiger partial charge in [0, 0.05) is 5.56 Å². The van der Waals surface area contributed by atoms with Crippen LogP contribution in [0.5, 0.6) is 5.75 Å². The summed E-state index contributed by atoms with van der Waals surface area (Å²) in [4.78, 5) is 0. The molecule has 0 spiro atoms. The highest BCUT2D eigenvalue weighted by Gasteiger charge is 2.22. The molecular weight excluding hydrogens is 282 g/mol. The predicted molar refractivity (Wildman–Crippen MR) is 91.1 cm³/mol. The summed E-state index contributed by atoms with van der Waals surface area (Å²) in [5.41, 5.74) is 7.87. The monoisotopic (exact) mass is 297 g/mol. The summed E-state index contributed by atoms with van der Waals surface area (Å²) in [6.07, 6.45) is 1.23. The maximum absolute atomic E-state index is 10.3. The molecule has 0 aliphatic heterocycles. The molecule has 0 saturated heterocycles. The number of hydrogen-bond acceptors (Lipinski definition) is 2. The Bertz CT molecular complexity index is 950. The van der Waals surface area contributed by atoms with E-state index in [2.05, 4.69) is 42.5 Å². The van der Waals surface area contributed by atoms with E-state index in [0.717, 1.165) is 23.1 Å². The van der Waals surface area contributed by atoms with Gasteiger partial charge in [-0.05, 0) is 51.9 Å². The Hall–Kier alpha value is -3.05. The Morgan fingerprint density at radius 3 is 2.43 bits per heavy atom. The normalized spacial score (nSPS) is 11.6. The van der Waals surface area contributed by atoms with E-state index in [1.165, 1.54) is 22.3 Å². The highest BCUT2D eigenvalue weighted by Crippen LogP contribution is 2.43. The summed E-state index contributed by atoms with van der Waals surface area (Å²) in [6.45, 7) is 0. The van der Waals surface area contributed by atoms with Gasteiger partial charge in [0.15, 0.2) is 0 Å². The zero-order valence-corrected chi connectivity index (χ0v) is 12.6. The van der Waals surface area contributed by atoms with Crippen LogP contribution in [-0.4, -0.2) is 5.11 Å². The molecule has 2 nitrogen and oxygen atoms in total. The Kier molecular flexibility index (Phi) is 3.13. The van der Waals surface area contributed by atoms with Crippen LogP contribution in [0.2, 0.25) is 0 Å². The van der Waals surface area contributed by atoms with Gasteiger partial charge in [-0.25, -0.2) is 0 Å². The molecule has 0 heterocycles. The molecule has 0 unspecified atom stereocenters. The second-order valence-electron chi connectivity index (χ2n) is 5.85. The molecule has 4 rings (SSSR count). The van der Waals surface area contributed by atoms with Crippen LogP contribution in [0, 0.1) is 11.3 Å². The Labute approximate surface area is 135 Å². The average Bonchev–Trinajstić information content (AvgIpc) is 2.96. The lowest BCUT2D eigenvalue weighted by molar-refractivity contribution is 0.477. The zero-order valence-electron chi connectivity index (χ0n) is 12.6. The molecule has 3 aromatic carbocycles. The highest BCUT2D eigenvalue weighted by atomic mass is 16.3. The molecule has 1 aliphatic carbocycles. The summed E-state index contributed by atoms with van der Waals surface area (Å²) < 4.78 is 0. The fraction of sp³-hybridized carbons (Fsp3) is 0.0952. The summed E-state index contributed by atoms with van der Waals surface area (Å²) in [5.74, 6) is 0.260. The first-order chi connectivity index (χ1) is 11.3. The van der Waals surface area contributed by atoms with Crippen LogP contribution in [0.25, 0.3) is 22.3 Å². The van der Waals surface area contributed by atoms with Gasteiger partial charge >= 0.3 is 0 Å². The van der Waals surface area contributed by atoms with Crippen molar-refractivity contribution in [3.05, 3.63) is 77.4 Å². The van der Waals surface area contributed by atoms with E-state index in [-0.39, 0.29) is 5.75 Å². The van der Waals surface area contributed by atoms with Crippen LogP contribution in [-0.2, 0) is 12.8 Å². The van der Waals surface area contributed by atoms with Gasteiger partial charge < -0.3 is 5.11 Å². The lowest BCUT2D eigenvalue weighted by Gasteiger charge is -2.11. The van der Waals surface area contributed by atoms with E-state index in [4.69, 9.17) is 5.26 Å². The fourth-order valence-electron chi connectivity index (χ4n) is 3.41. The number of rotatable bonds is 2. The number of phenolic OH excluding ortho intramolecular Hbond substituents is 1. The van der Waals surface area contributed by atoms with E-state index in [0.29, 0.717) is 6.42 Å². The van der Waals surface area contributed by atoms with Crippen molar-refractivity contribution in [1.29, 1.82) is 5.26 Å². The SMILES string of the molecule is N#CCc1ccc(O)c(-c2cccc3c2Cc2ccccc2-3)c1. The molecule has 0 aromatic heterocycles. The van der Waals surface area contributed by atoms with Gasteiger partial charge in [-0.3, -0.25) is 0 Å². The highest BCUT2D eigenvalue weighted by molar-refractivity contribution is 5.86. The van der Waals surface area contributed by atoms with Crippen molar-refractivity contribution in [2.24, 2.45) is 0 Å². The summed E-state index contributed by atoms with van der Waals surface area (Å²) in [5, 5.41) is 19.2. The quantitative estimate of drug-likeness (QED) is 0.583. The molecule has 0 atom stereocenters. The van der Waals surface area contributed by atoms with Crippen LogP contribution in [0.3, 0.4) is 0 Å². The third-order valence-electron chi connectivity index (χ3n) is 4.49. The van der Waals surface area contributed by atoms with Gasteiger partial charge in [0.05, 0.1) is 12.5 Å². The first-order valence-electron chi connectivity index (χ1n) is 7.67. The van der Waals surface area contributed by atoms with E-state index < -0.39 is 0 Å². The maximum atomic E-state index is 10.3. The van der Waals surface area contributed by atoms with Gasteiger partial charge in [0.2, 0.25) is 0 Å². The van der Waals surface area contributed by atoms with Gasteiger partial charge in [0.1, 0.15) is 5.75 Å². The number of nitrogens with zero attached hydrogens (tertiary/aromatic N) is 1. The van der Waals surface area contributed by atoms with Crippen LogP contribution < -0.4 is 0 Å². The van der Waals surface area contributed by atoms with Crippen molar-refractivity contribution in [3.63, 3.8) is 0 Å². The molecule has 110 valence electrons. The number of benzene rings is 3. The topological polar surface area (TPSA) is 44.0 Å². The predicted octanol–water partition coefficient (Wildman–Crippen LogP) is 4.70. The molecule has 1 aliphatic rings. The van der Waals surface area contributed by atoms with Crippen LogP contribution in [0.1, 0.15) is 16.7 Å². The molecule has 0 bridgehead atoms. The van der Waals surface area contributed by atoms with E-state index in [9.17, 15) is 5.11 Å². The van der Waals surface area contributed by atoms with E-state index >= 15 is 0 Å². The molecule has 1 N–H and O–H groups in total. The fourth-order valence-corrected chi connectivity index (χ4v) is 3.41. The lowest BCUT2D eigenvalue weighted by atomic mass is 9.93. The summed E-state index contributed by atoms with van der Waals surface area (Å²) in [7, 11) is 0. The van der Waals surface area contributed by atoms with Crippen molar-refractivity contribution in [2.45, 2.75) is 12.8 Å². The van der Waals surface area contributed by atoms with Gasteiger partial charge in [-0.15, -0.1) is 0 Å². The van der Waals surface area contributed by atoms with Crippen LogP contribution >= 0.6 is 0 Å². The lowest BCUT2D eigenvalue weighted by Crippen LogP contribution is -1.90. The molecule has 0 amide bonds. The molecular formula is C21H15NO. The van der Waals surface area contributed by atoms with Gasteiger partial charge in [-0.2, -0.15) is 5.26 Å². The number of fused-ring (bicyclic) bond motifs is 3. The number of hydrogen-bond donors (Lipinski definition) is 1. The van der Waals surface area contributed by atoms with E-state index in [1.54, 1.807) is 12.1 Å². The average molecular weight is 297 g/mol. The minimum absolute atomic E-state index is 0.260. The molecule has 23 heavy (non-hydrogen) atoms. The maximum Gasteiger partial charge on any atom is 0.123 e. The van der Waals surface area contributed by atoms with Crippen molar-refractivity contribution in [2.75, 3.05) is 0 Å². The zero-order chi connectivity index (χ0) is 15.8. The molecule has 3 aromatic rings. The van der Waals surface area contributed by atoms with Crippen molar-refractivity contribution in [3.8, 4) is 34.1 Å². The van der Waals surface area contributed by atoms with Crippen LogP contribution in [0.4, 0.5) is 0 Å². The third kappa shape index (κ3) is 2.18. The second kappa shape index (κ2) is 5.30. The first-order valence-corrected chi connectivity index (χ1v) is 7.67. The standard InChI is InChI=1S/C21H15NO/c22-11-10-14-8-9-21(23)20(12-14)18-7-3-6-17-16-5-2-1-4-15(16)13-19(17)18/h1-9,12,23H,10,13H2. The molecule has 0 radical (unpaired) electrons. The Morgan fingerprint density at radius 1 is 0.870 bits per heavy atom. The number of phenols is 1. The smallest absolute Gasteiger partial charge is 0.123 e. The minimum Gasteiger partial charge on any atom is -0.507 e. The number of nitriles is 1. The van der Waals surface area contributed by atoms with Gasteiger partial charge in [-0.1, -0.05) is 48.5 Å². The van der Waals surface area contributed by atoms with Crippen molar-refractivity contribution in [1.82, 2.24) is 0 Å².